The van der Waals surface area contributed by atoms with Crippen LogP contribution in [0.1, 0.15) is 51.9 Å². The monoisotopic (exact) mass is 416 g/mol. The van der Waals surface area contributed by atoms with Gasteiger partial charge in [0.25, 0.3) is 0 Å². The minimum Gasteiger partial charge on any atom is -0.444 e. The molecular formula is C20H25ClN6O2. The average Bonchev–Trinajstić information content (AvgIpc) is 3.10. The van der Waals surface area contributed by atoms with Gasteiger partial charge in [-0.25, -0.2) is 19.3 Å². The minimum atomic E-state index is -0.566. The number of halogens is 1. The van der Waals surface area contributed by atoms with Gasteiger partial charge in [0.2, 0.25) is 0 Å². The molecule has 0 saturated carbocycles. The molecule has 0 aliphatic heterocycles. The highest BCUT2D eigenvalue weighted by Gasteiger charge is 2.27. The van der Waals surface area contributed by atoms with Crippen molar-refractivity contribution < 1.29 is 9.53 Å². The molecule has 0 aromatic carbocycles. The zero-order valence-electron chi connectivity index (χ0n) is 17.5. The summed E-state index contributed by atoms with van der Waals surface area (Å²) in [7, 11) is 0. The summed E-state index contributed by atoms with van der Waals surface area (Å²) in [6.07, 6.45) is 4.60. The van der Waals surface area contributed by atoms with Crippen LogP contribution in [0, 0.1) is 6.92 Å². The largest absolute Gasteiger partial charge is 0.444 e. The van der Waals surface area contributed by atoms with Crippen molar-refractivity contribution in [3.8, 4) is 11.3 Å². The summed E-state index contributed by atoms with van der Waals surface area (Å²) >= 11 is 6.26. The van der Waals surface area contributed by atoms with Crippen molar-refractivity contribution in [3.63, 3.8) is 0 Å². The molecule has 9 heteroatoms. The number of ether oxygens (including phenoxy) is 1. The normalized spacial score (nSPS) is 12.8. The Morgan fingerprint density at radius 2 is 2.07 bits per heavy atom. The Labute approximate surface area is 174 Å². The van der Waals surface area contributed by atoms with Gasteiger partial charge < -0.3 is 9.64 Å². The minimum absolute atomic E-state index is 0.273. The zero-order valence-corrected chi connectivity index (χ0v) is 18.2. The SMILES string of the molecule is CCN(C(=O)OC(C)(C)C)[C@H](C)c1cc(-c2cn3ncnc3c(Cl)n2)c(C)cn1. The van der Waals surface area contributed by atoms with Crippen LogP contribution in [0.2, 0.25) is 5.15 Å². The van der Waals surface area contributed by atoms with E-state index in [2.05, 4.69) is 20.1 Å². The lowest BCUT2D eigenvalue weighted by molar-refractivity contribution is 0.0182. The first-order valence-electron chi connectivity index (χ1n) is 9.43. The maximum Gasteiger partial charge on any atom is 0.410 e. The highest BCUT2D eigenvalue weighted by molar-refractivity contribution is 6.32. The molecule has 3 heterocycles. The van der Waals surface area contributed by atoms with Crippen molar-refractivity contribution >= 4 is 23.3 Å². The van der Waals surface area contributed by atoms with Crippen molar-refractivity contribution in [1.82, 2.24) is 29.5 Å². The molecule has 3 rings (SSSR count). The number of hydrogen-bond acceptors (Lipinski definition) is 6. The molecule has 0 N–H and O–H groups in total. The molecule has 0 unspecified atom stereocenters. The van der Waals surface area contributed by atoms with Gasteiger partial charge in [-0.05, 0) is 53.2 Å². The number of aromatic nitrogens is 5. The summed E-state index contributed by atoms with van der Waals surface area (Å²) in [4.78, 5) is 27.4. The molecule has 0 fully saturated rings. The van der Waals surface area contributed by atoms with E-state index in [0.717, 1.165) is 16.8 Å². The van der Waals surface area contributed by atoms with E-state index in [4.69, 9.17) is 16.3 Å². The van der Waals surface area contributed by atoms with E-state index in [1.807, 2.05) is 47.6 Å². The molecular weight excluding hydrogens is 392 g/mol. The molecule has 8 nitrogen and oxygen atoms in total. The summed E-state index contributed by atoms with van der Waals surface area (Å²) in [5.74, 6) is 0. The van der Waals surface area contributed by atoms with Crippen LogP contribution >= 0.6 is 11.6 Å². The third kappa shape index (κ3) is 4.48. The van der Waals surface area contributed by atoms with Gasteiger partial charge in [0.1, 0.15) is 11.9 Å². The predicted molar refractivity (Wildman–Crippen MR) is 111 cm³/mol. The molecule has 0 aliphatic carbocycles. The van der Waals surface area contributed by atoms with Crippen LogP contribution in [-0.2, 0) is 4.74 Å². The molecule has 0 aliphatic rings. The molecule has 0 bridgehead atoms. The summed E-state index contributed by atoms with van der Waals surface area (Å²) in [5.41, 5.74) is 3.12. The van der Waals surface area contributed by atoms with Crippen molar-refractivity contribution in [2.75, 3.05) is 6.54 Å². The van der Waals surface area contributed by atoms with Crippen molar-refractivity contribution in [1.29, 1.82) is 0 Å². The van der Waals surface area contributed by atoms with E-state index in [1.165, 1.54) is 6.33 Å². The van der Waals surface area contributed by atoms with E-state index in [9.17, 15) is 4.79 Å². The number of aryl methyl sites for hydroxylation is 1. The number of carbonyl (C=O) groups is 1. The first kappa shape index (κ1) is 21.0. The molecule has 3 aromatic rings. The predicted octanol–water partition coefficient (Wildman–Crippen LogP) is 4.47. The standard InChI is InChI=1S/C20H25ClN6O2/c1-7-26(19(28)29-20(4,5)6)13(3)15-8-14(12(2)9-22-15)16-10-27-18(17(21)25-16)23-11-24-27/h8-11,13H,7H2,1-6H3/t13-/m1/s1. The molecule has 0 saturated heterocycles. The number of hydrogen-bond donors (Lipinski definition) is 0. The summed E-state index contributed by atoms with van der Waals surface area (Å²) in [5, 5.41) is 4.42. The first-order valence-corrected chi connectivity index (χ1v) is 9.81. The first-order chi connectivity index (χ1) is 13.6. The van der Waals surface area contributed by atoms with Gasteiger partial charge in [-0.1, -0.05) is 11.6 Å². The lowest BCUT2D eigenvalue weighted by Gasteiger charge is -2.30. The summed E-state index contributed by atoms with van der Waals surface area (Å²) in [6.45, 7) is 11.8. The Morgan fingerprint density at radius 3 is 2.72 bits per heavy atom. The molecule has 1 amide bonds. The van der Waals surface area contributed by atoms with E-state index in [0.29, 0.717) is 17.9 Å². The molecule has 0 spiro atoms. The van der Waals surface area contributed by atoms with Gasteiger partial charge in [-0.3, -0.25) is 4.98 Å². The Kier molecular flexibility index (Phi) is 5.75. The average molecular weight is 417 g/mol. The lowest BCUT2D eigenvalue weighted by atomic mass is 10.0. The van der Waals surface area contributed by atoms with Gasteiger partial charge in [-0.15, -0.1) is 0 Å². The van der Waals surface area contributed by atoms with E-state index >= 15 is 0 Å². The fraction of sp³-hybridized carbons (Fsp3) is 0.450. The van der Waals surface area contributed by atoms with Crippen molar-refractivity contribution in [2.45, 2.75) is 53.2 Å². The molecule has 3 aromatic heterocycles. The van der Waals surface area contributed by atoms with Crippen LogP contribution in [0.4, 0.5) is 4.79 Å². The zero-order chi connectivity index (χ0) is 21.3. The third-order valence-electron chi connectivity index (χ3n) is 4.49. The highest BCUT2D eigenvalue weighted by Crippen LogP contribution is 2.28. The molecule has 0 radical (unpaired) electrons. The van der Waals surface area contributed by atoms with E-state index in [-0.39, 0.29) is 17.3 Å². The quantitative estimate of drug-likeness (QED) is 0.623. The fourth-order valence-corrected chi connectivity index (χ4v) is 3.23. The Morgan fingerprint density at radius 1 is 1.34 bits per heavy atom. The molecule has 154 valence electrons. The van der Waals surface area contributed by atoms with Gasteiger partial charge in [-0.2, -0.15) is 5.10 Å². The molecule has 1 atom stereocenters. The Balaban J connectivity index is 1.98. The second-order valence-corrected chi connectivity index (χ2v) is 8.17. The van der Waals surface area contributed by atoms with Crippen LogP contribution in [0.15, 0.2) is 24.8 Å². The Bertz CT molecular complexity index is 1040. The van der Waals surface area contributed by atoms with Gasteiger partial charge in [0.05, 0.1) is 23.6 Å². The summed E-state index contributed by atoms with van der Waals surface area (Å²) < 4.78 is 7.13. The summed E-state index contributed by atoms with van der Waals surface area (Å²) in [6, 6.07) is 1.65. The van der Waals surface area contributed by atoms with Crippen LogP contribution in [0.25, 0.3) is 16.9 Å². The van der Waals surface area contributed by atoms with Crippen LogP contribution in [0.3, 0.4) is 0 Å². The number of pyridine rings is 1. The Hall–Kier alpha value is -2.74. The number of amides is 1. The van der Waals surface area contributed by atoms with Crippen LogP contribution in [0.5, 0.6) is 0 Å². The van der Waals surface area contributed by atoms with Crippen molar-refractivity contribution in [3.05, 3.63) is 41.2 Å². The van der Waals surface area contributed by atoms with Crippen molar-refractivity contribution in [2.24, 2.45) is 0 Å². The third-order valence-corrected chi connectivity index (χ3v) is 4.74. The topological polar surface area (TPSA) is 85.5 Å². The van der Waals surface area contributed by atoms with Gasteiger partial charge >= 0.3 is 6.09 Å². The maximum absolute atomic E-state index is 12.6. The number of carbonyl (C=O) groups excluding carboxylic acids is 1. The lowest BCUT2D eigenvalue weighted by Crippen LogP contribution is -2.38. The molecule has 29 heavy (non-hydrogen) atoms. The maximum atomic E-state index is 12.6. The second kappa shape index (κ2) is 7.94. The van der Waals surface area contributed by atoms with Gasteiger partial charge in [0, 0.05) is 18.3 Å². The van der Waals surface area contributed by atoms with Gasteiger partial charge in [0.15, 0.2) is 10.8 Å². The number of nitrogens with zero attached hydrogens (tertiary/aromatic N) is 6. The van der Waals surface area contributed by atoms with E-state index < -0.39 is 5.60 Å². The highest BCUT2D eigenvalue weighted by atomic mass is 35.5. The number of rotatable bonds is 4. The number of fused-ring (bicyclic) bond motifs is 1. The second-order valence-electron chi connectivity index (χ2n) is 7.81. The van der Waals surface area contributed by atoms with Crippen LogP contribution < -0.4 is 0 Å². The smallest absolute Gasteiger partial charge is 0.410 e. The van der Waals surface area contributed by atoms with Crippen LogP contribution in [-0.4, -0.2) is 47.7 Å². The fourth-order valence-electron chi connectivity index (χ4n) is 3.01. The van der Waals surface area contributed by atoms with E-state index in [1.54, 1.807) is 21.8 Å².